The molecule has 1 aliphatic heterocycles. The molecule has 0 aliphatic carbocycles. The van der Waals surface area contributed by atoms with Crippen molar-refractivity contribution in [2.75, 3.05) is 26.7 Å². The molecule has 0 radical (unpaired) electrons. The lowest BCUT2D eigenvalue weighted by atomic mass is 10.00. The largest absolute Gasteiger partial charge is 0.281 e. The van der Waals surface area contributed by atoms with E-state index in [1.165, 1.54) is 21.2 Å². The van der Waals surface area contributed by atoms with Gasteiger partial charge >= 0.3 is 0 Å². The Morgan fingerprint density at radius 1 is 1.48 bits per heavy atom. The number of hydrogen-bond acceptors (Lipinski definition) is 4. The van der Waals surface area contributed by atoms with Gasteiger partial charge in [0, 0.05) is 45.5 Å². The van der Waals surface area contributed by atoms with Gasteiger partial charge in [-0.2, -0.15) is 22.3 Å². The molecule has 0 amide bonds. The molecule has 1 aromatic rings. The van der Waals surface area contributed by atoms with Crippen LogP contribution in [0.1, 0.15) is 18.4 Å². The maximum Gasteiger partial charge on any atom is 0.281 e. The molecule has 6 nitrogen and oxygen atoms in total. The number of nitriles is 1. The molecule has 2 heterocycles. The molecule has 2 rings (SSSR count). The summed E-state index contributed by atoms with van der Waals surface area (Å²) in [5.74, 6) is 0.339. The Labute approximate surface area is 126 Å². The van der Waals surface area contributed by atoms with E-state index >= 15 is 0 Å². The summed E-state index contributed by atoms with van der Waals surface area (Å²) in [5, 5.41) is 8.56. The van der Waals surface area contributed by atoms with Crippen molar-refractivity contribution in [2.45, 2.75) is 19.3 Å². The van der Waals surface area contributed by atoms with E-state index in [0.717, 1.165) is 12.8 Å². The van der Waals surface area contributed by atoms with Gasteiger partial charge in [0.15, 0.2) is 0 Å². The Morgan fingerprint density at radius 2 is 2.19 bits per heavy atom. The van der Waals surface area contributed by atoms with Crippen molar-refractivity contribution in [1.82, 2.24) is 13.6 Å². The van der Waals surface area contributed by atoms with Gasteiger partial charge in [0.1, 0.15) is 0 Å². The van der Waals surface area contributed by atoms with Gasteiger partial charge in [-0.3, -0.25) is 4.98 Å². The first-order valence-corrected chi connectivity index (χ1v) is 8.41. The average molecular weight is 308 g/mol. The maximum atomic E-state index is 12.4. The van der Waals surface area contributed by atoms with Gasteiger partial charge in [-0.25, -0.2) is 0 Å². The predicted octanol–water partition coefficient (Wildman–Crippen LogP) is 1.04. The van der Waals surface area contributed by atoms with Crippen molar-refractivity contribution in [3.8, 4) is 6.07 Å². The van der Waals surface area contributed by atoms with Crippen molar-refractivity contribution < 1.29 is 8.42 Å². The molecule has 1 aliphatic rings. The smallest absolute Gasteiger partial charge is 0.265 e. The molecule has 1 saturated heterocycles. The normalized spacial score (nSPS) is 19.8. The van der Waals surface area contributed by atoms with E-state index in [1.807, 2.05) is 18.2 Å². The second kappa shape index (κ2) is 6.98. The van der Waals surface area contributed by atoms with E-state index in [-0.39, 0.29) is 13.0 Å². The molecule has 7 heteroatoms. The summed E-state index contributed by atoms with van der Waals surface area (Å²) in [6, 6.07) is 5.91. The Bertz CT molecular complexity index is 597. The third-order valence-electron chi connectivity index (χ3n) is 3.78. The molecule has 114 valence electrons. The number of nitrogens with zero attached hydrogens (tertiary/aromatic N) is 4. The predicted molar refractivity (Wildman–Crippen MR) is 79.4 cm³/mol. The van der Waals surface area contributed by atoms with Crippen LogP contribution in [0.2, 0.25) is 0 Å². The van der Waals surface area contributed by atoms with E-state index in [9.17, 15) is 8.42 Å². The summed E-state index contributed by atoms with van der Waals surface area (Å²) in [5.41, 5.74) is 1.19. The number of aromatic nitrogens is 1. The summed E-state index contributed by atoms with van der Waals surface area (Å²) in [6.45, 7) is 1.33. The second-order valence-corrected chi connectivity index (χ2v) is 7.35. The van der Waals surface area contributed by atoms with Crippen molar-refractivity contribution in [2.24, 2.45) is 5.92 Å². The zero-order valence-electron chi connectivity index (χ0n) is 12.1. The van der Waals surface area contributed by atoms with Crippen LogP contribution >= 0.6 is 0 Å². The highest BCUT2D eigenvalue weighted by molar-refractivity contribution is 7.86. The van der Waals surface area contributed by atoms with Crippen molar-refractivity contribution >= 4 is 10.2 Å². The van der Waals surface area contributed by atoms with E-state index in [4.69, 9.17) is 5.26 Å². The van der Waals surface area contributed by atoms with Gasteiger partial charge in [0.2, 0.25) is 0 Å². The van der Waals surface area contributed by atoms with Crippen molar-refractivity contribution in [1.29, 1.82) is 5.26 Å². The van der Waals surface area contributed by atoms with Gasteiger partial charge < -0.3 is 0 Å². The zero-order chi connectivity index (χ0) is 15.3. The zero-order valence-corrected chi connectivity index (χ0v) is 13.0. The van der Waals surface area contributed by atoms with E-state index in [2.05, 4.69) is 4.98 Å². The maximum absolute atomic E-state index is 12.4. The minimum absolute atomic E-state index is 0.212. The van der Waals surface area contributed by atoms with Crippen LogP contribution < -0.4 is 0 Å². The highest BCUT2D eigenvalue weighted by atomic mass is 32.2. The number of hydrogen-bond donors (Lipinski definition) is 0. The Morgan fingerprint density at radius 3 is 2.86 bits per heavy atom. The molecule has 0 N–H and O–H groups in total. The molecular formula is C14H20N4O2S. The Kier molecular flexibility index (Phi) is 5.28. The van der Waals surface area contributed by atoms with Crippen LogP contribution in [0.15, 0.2) is 24.5 Å². The first-order valence-electron chi connectivity index (χ1n) is 7.01. The van der Waals surface area contributed by atoms with Gasteiger partial charge in [-0.1, -0.05) is 0 Å². The fraction of sp³-hybridized carbons (Fsp3) is 0.571. The van der Waals surface area contributed by atoms with Gasteiger partial charge in [-0.15, -0.1) is 0 Å². The molecule has 0 aromatic carbocycles. The molecular weight excluding hydrogens is 288 g/mol. The molecule has 1 aromatic heterocycles. The molecule has 1 fully saturated rings. The van der Waals surface area contributed by atoms with E-state index < -0.39 is 10.2 Å². The minimum Gasteiger partial charge on any atom is -0.265 e. The SMILES string of the molecule is CN(CCC#N)S(=O)(=O)N1CCC(Cc2ccncc2)C1. The standard InChI is InChI=1S/C14H20N4O2S/c1-17(9-2-6-15)21(19,20)18-10-5-14(12-18)11-13-3-7-16-8-4-13/h3-4,7-8,14H,2,5,9-12H2,1H3. The van der Waals surface area contributed by atoms with Gasteiger partial charge in [-0.05, 0) is 36.5 Å². The van der Waals surface area contributed by atoms with Crippen LogP contribution in [0.5, 0.6) is 0 Å². The topological polar surface area (TPSA) is 77.3 Å². The third kappa shape index (κ3) is 4.00. The fourth-order valence-electron chi connectivity index (χ4n) is 2.55. The summed E-state index contributed by atoms with van der Waals surface area (Å²) >= 11 is 0. The Hall–Kier alpha value is -1.49. The highest BCUT2D eigenvalue weighted by Crippen LogP contribution is 2.24. The fourth-order valence-corrected chi connectivity index (χ4v) is 4.00. The Balaban J connectivity index is 1.94. The molecule has 0 saturated carbocycles. The summed E-state index contributed by atoms with van der Waals surface area (Å²) < 4.78 is 27.5. The molecule has 1 atom stereocenters. The number of pyridine rings is 1. The van der Waals surface area contributed by atoms with Crippen LogP contribution in [-0.4, -0.2) is 48.7 Å². The van der Waals surface area contributed by atoms with E-state index in [1.54, 1.807) is 12.4 Å². The quantitative estimate of drug-likeness (QED) is 0.786. The highest BCUT2D eigenvalue weighted by Gasteiger charge is 2.33. The van der Waals surface area contributed by atoms with E-state index in [0.29, 0.717) is 19.0 Å². The van der Waals surface area contributed by atoms with Gasteiger partial charge in [0.05, 0.1) is 6.07 Å². The molecule has 0 spiro atoms. The van der Waals surface area contributed by atoms with Crippen LogP contribution in [0, 0.1) is 17.2 Å². The lowest BCUT2D eigenvalue weighted by Gasteiger charge is -2.23. The summed E-state index contributed by atoms with van der Waals surface area (Å²) in [4.78, 5) is 3.99. The summed E-state index contributed by atoms with van der Waals surface area (Å²) in [7, 11) is -1.90. The minimum atomic E-state index is -3.43. The molecule has 0 bridgehead atoms. The van der Waals surface area contributed by atoms with Crippen molar-refractivity contribution in [3.05, 3.63) is 30.1 Å². The van der Waals surface area contributed by atoms with Crippen LogP contribution in [0.25, 0.3) is 0 Å². The first-order chi connectivity index (χ1) is 10.0. The van der Waals surface area contributed by atoms with Gasteiger partial charge in [0.25, 0.3) is 10.2 Å². The van der Waals surface area contributed by atoms with Crippen LogP contribution in [0.4, 0.5) is 0 Å². The second-order valence-electron chi connectivity index (χ2n) is 5.31. The third-order valence-corrected chi connectivity index (χ3v) is 5.74. The van der Waals surface area contributed by atoms with Crippen molar-refractivity contribution in [3.63, 3.8) is 0 Å². The lowest BCUT2D eigenvalue weighted by Crippen LogP contribution is -2.41. The first kappa shape index (κ1) is 15.9. The summed E-state index contributed by atoms with van der Waals surface area (Å²) in [6.07, 6.45) is 5.47. The number of rotatable bonds is 6. The lowest BCUT2D eigenvalue weighted by molar-refractivity contribution is 0.389. The van der Waals surface area contributed by atoms with Crippen LogP contribution in [0.3, 0.4) is 0 Å². The molecule has 21 heavy (non-hydrogen) atoms. The average Bonchev–Trinajstić information content (AvgIpc) is 2.95. The molecule has 1 unspecified atom stereocenters. The monoisotopic (exact) mass is 308 g/mol. The van der Waals surface area contributed by atoms with Crippen LogP contribution in [-0.2, 0) is 16.6 Å².